The lowest BCUT2D eigenvalue weighted by atomic mass is 10.1. The zero-order valence-electron chi connectivity index (χ0n) is 11.9. The number of benzene rings is 1. The molecule has 0 unspecified atom stereocenters. The van der Waals surface area contributed by atoms with Crippen molar-refractivity contribution in [2.45, 2.75) is 18.8 Å². The second-order valence-electron chi connectivity index (χ2n) is 5.41. The molecular weight excluding hydrogens is 304 g/mol. The van der Waals surface area contributed by atoms with Crippen LogP contribution in [0.2, 0.25) is 0 Å². The summed E-state index contributed by atoms with van der Waals surface area (Å²) >= 11 is 0. The van der Waals surface area contributed by atoms with Crippen LogP contribution >= 0.6 is 0 Å². The summed E-state index contributed by atoms with van der Waals surface area (Å²) in [5.41, 5.74) is 0.575. The van der Waals surface area contributed by atoms with E-state index >= 15 is 0 Å². The SMILES string of the molecule is O=c1nc(C2CC2)ccn1-c1ncoc1-c1ccc(F)c(F)c1. The summed E-state index contributed by atoms with van der Waals surface area (Å²) in [6.45, 7) is 0. The Morgan fingerprint density at radius 3 is 2.70 bits per heavy atom. The Bertz CT molecular complexity index is 944. The maximum Gasteiger partial charge on any atom is 0.353 e. The molecule has 3 aromatic rings. The van der Waals surface area contributed by atoms with Crippen molar-refractivity contribution in [2.75, 3.05) is 0 Å². The molecule has 1 aliphatic rings. The predicted octanol–water partition coefficient (Wildman–Crippen LogP) is 3.04. The van der Waals surface area contributed by atoms with Gasteiger partial charge in [0.1, 0.15) is 0 Å². The molecular formula is C16H11F2N3O2. The number of halogens is 2. The Labute approximate surface area is 129 Å². The minimum Gasteiger partial charge on any atom is -0.441 e. The lowest BCUT2D eigenvalue weighted by Gasteiger charge is -2.05. The van der Waals surface area contributed by atoms with Crippen LogP contribution in [0.15, 0.2) is 46.1 Å². The van der Waals surface area contributed by atoms with Gasteiger partial charge < -0.3 is 4.42 Å². The van der Waals surface area contributed by atoms with E-state index in [9.17, 15) is 13.6 Å². The molecule has 0 saturated heterocycles. The van der Waals surface area contributed by atoms with Gasteiger partial charge in [-0.2, -0.15) is 9.97 Å². The molecule has 2 heterocycles. The number of oxazole rings is 1. The van der Waals surface area contributed by atoms with Crippen LogP contribution in [0, 0.1) is 11.6 Å². The van der Waals surface area contributed by atoms with Crippen LogP contribution in [0.3, 0.4) is 0 Å². The second kappa shape index (κ2) is 5.12. The molecule has 1 aliphatic carbocycles. The maximum absolute atomic E-state index is 13.4. The van der Waals surface area contributed by atoms with Crippen molar-refractivity contribution >= 4 is 0 Å². The fourth-order valence-corrected chi connectivity index (χ4v) is 2.43. The Hall–Kier alpha value is -2.83. The van der Waals surface area contributed by atoms with Crippen molar-refractivity contribution in [1.29, 1.82) is 0 Å². The van der Waals surface area contributed by atoms with E-state index in [4.69, 9.17) is 4.42 Å². The monoisotopic (exact) mass is 315 g/mol. The average Bonchev–Trinajstić information content (AvgIpc) is 3.28. The first kappa shape index (κ1) is 13.8. The molecule has 23 heavy (non-hydrogen) atoms. The first-order valence-corrected chi connectivity index (χ1v) is 7.12. The van der Waals surface area contributed by atoms with Crippen LogP contribution in [-0.4, -0.2) is 14.5 Å². The average molecular weight is 315 g/mol. The van der Waals surface area contributed by atoms with Gasteiger partial charge in [-0.05, 0) is 37.1 Å². The van der Waals surface area contributed by atoms with Gasteiger partial charge in [0, 0.05) is 17.7 Å². The number of hydrogen-bond donors (Lipinski definition) is 0. The lowest BCUT2D eigenvalue weighted by Crippen LogP contribution is -2.22. The third-order valence-corrected chi connectivity index (χ3v) is 3.78. The number of nitrogens with zero attached hydrogens (tertiary/aromatic N) is 3. The zero-order valence-corrected chi connectivity index (χ0v) is 11.9. The quantitative estimate of drug-likeness (QED) is 0.745. The largest absolute Gasteiger partial charge is 0.441 e. The van der Waals surface area contributed by atoms with E-state index in [0.717, 1.165) is 37.1 Å². The van der Waals surface area contributed by atoms with Crippen LogP contribution < -0.4 is 5.69 Å². The maximum atomic E-state index is 13.4. The van der Waals surface area contributed by atoms with Crippen LogP contribution in [-0.2, 0) is 0 Å². The summed E-state index contributed by atoms with van der Waals surface area (Å²) in [4.78, 5) is 20.3. The standard InChI is InChI=1S/C16H11F2N3O2/c17-11-4-3-10(7-12(11)18)14-15(19-8-23-14)21-6-5-13(9-1-2-9)20-16(21)22/h3-9H,1-2H2. The lowest BCUT2D eigenvalue weighted by molar-refractivity contribution is 0.507. The third kappa shape index (κ3) is 2.44. The van der Waals surface area contributed by atoms with Crippen molar-refractivity contribution < 1.29 is 13.2 Å². The molecule has 0 bridgehead atoms. The molecule has 5 nitrogen and oxygen atoms in total. The molecule has 0 amide bonds. The van der Waals surface area contributed by atoms with Gasteiger partial charge in [-0.1, -0.05) is 0 Å². The highest BCUT2D eigenvalue weighted by atomic mass is 19.2. The van der Waals surface area contributed by atoms with Crippen molar-refractivity contribution in [2.24, 2.45) is 0 Å². The Balaban J connectivity index is 1.80. The first-order chi connectivity index (χ1) is 11.1. The van der Waals surface area contributed by atoms with Gasteiger partial charge in [-0.25, -0.2) is 18.1 Å². The van der Waals surface area contributed by atoms with E-state index in [1.807, 2.05) is 0 Å². The Morgan fingerprint density at radius 2 is 2.00 bits per heavy atom. The molecule has 0 radical (unpaired) electrons. The smallest absolute Gasteiger partial charge is 0.353 e. The van der Waals surface area contributed by atoms with Gasteiger partial charge in [0.25, 0.3) is 0 Å². The molecule has 1 saturated carbocycles. The highest BCUT2D eigenvalue weighted by Crippen LogP contribution is 2.38. The summed E-state index contributed by atoms with van der Waals surface area (Å²) in [5.74, 6) is -1.23. The number of hydrogen-bond acceptors (Lipinski definition) is 4. The summed E-state index contributed by atoms with van der Waals surface area (Å²) in [6, 6.07) is 5.12. The topological polar surface area (TPSA) is 60.9 Å². The summed E-state index contributed by atoms with van der Waals surface area (Å²) in [5, 5.41) is 0. The number of rotatable bonds is 3. The van der Waals surface area contributed by atoms with Crippen LogP contribution in [0.5, 0.6) is 0 Å². The molecule has 0 atom stereocenters. The Morgan fingerprint density at radius 1 is 1.17 bits per heavy atom. The van der Waals surface area contributed by atoms with E-state index in [2.05, 4.69) is 9.97 Å². The first-order valence-electron chi connectivity index (χ1n) is 7.12. The van der Waals surface area contributed by atoms with Crippen LogP contribution in [0.4, 0.5) is 8.78 Å². The van der Waals surface area contributed by atoms with E-state index in [1.165, 1.54) is 10.6 Å². The summed E-state index contributed by atoms with van der Waals surface area (Å²) in [6.07, 6.45) is 4.80. The highest BCUT2D eigenvalue weighted by molar-refractivity contribution is 5.64. The molecule has 2 aromatic heterocycles. The van der Waals surface area contributed by atoms with Gasteiger partial charge >= 0.3 is 5.69 Å². The fourth-order valence-electron chi connectivity index (χ4n) is 2.43. The van der Waals surface area contributed by atoms with E-state index < -0.39 is 17.3 Å². The van der Waals surface area contributed by atoms with E-state index in [0.29, 0.717) is 5.92 Å². The van der Waals surface area contributed by atoms with Gasteiger partial charge in [0.05, 0.1) is 5.69 Å². The van der Waals surface area contributed by atoms with E-state index in [1.54, 1.807) is 12.3 Å². The van der Waals surface area contributed by atoms with Crippen molar-refractivity contribution in [3.05, 3.63) is 64.7 Å². The molecule has 0 N–H and O–H groups in total. The van der Waals surface area contributed by atoms with Gasteiger partial charge in [-0.3, -0.25) is 0 Å². The number of aromatic nitrogens is 3. The van der Waals surface area contributed by atoms with Crippen molar-refractivity contribution in [3.63, 3.8) is 0 Å². The normalized spacial score (nSPS) is 14.2. The fraction of sp³-hybridized carbons (Fsp3) is 0.188. The summed E-state index contributed by atoms with van der Waals surface area (Å²) in [7, 11) is 0. The van der Waals surface area contributed by atoms with Crippen molar-refractivity contribution in [3.8, 4) is 17.1 Å². The van der Waals surface area contributed by atoms with Crippen LogP contribution in [0.1, 0.15) is 24.5 Å². The molecule has 1 aromatic carbocycles. The minimum atomic E-state index is -1.00. The molecule has 0 spiro atoms. The third-order valence-electron chi connectivity index (χ3n) is 3.78. The molecule has 7 heteroatoms. The Kier molecular flexibility index (Phi) is 3.07. The zero-order chi connectivity index (χ0) is 16.0. The highest BCUT2D eigenvalue weighted by Gasteiger charge is 2.26. The molecule has 4 rings (SSSR count). The molecule has 1 fully saturated rings. The predicted molar refractivity (Wildman–Crippen MR) is 77.2 cm³/mol. The van der Waals surface area contributed by atoms with Crippen LogP contribution in [0.25, 0.3) is 17.1 Å². The summed E-state index contributed by atoms with van der Waals surface area (Å²) < 4.78 is 33.0. The van der Waals surface area contributed by atoms with Gasteiger partial charge in [0.2, 0.25) is 0 Å². The van der Waals surface area contributed by atoms with E-state index in [-0.39, 0.29) is 17.1 Å². The van der Waals surface area contributed by atoms with Gasteiger partial charge in [-0.15, -0.1) is 0 Å². The molecule has 116 valence electrons. The molecule has 0 aliphatic heterocycles. The van der Waals surface area contributed by atoms with Crippen molar-refractivity contribution in [1.82, 2.24) is 14.5 Å². The minimum absolute atomic E-state index is 0.173. The second-order valence-corrected chi connectivity index (χ2v) is 5.41. The van der Waals surface area contributed by atoms with Gasteiger partial charge in [0.15, 0.2) is 29.6 Å².